The van der Waals surface area contributed by atoms with E-state index < -0.39 is 0 Å². The standard InChI is InChI=1S/C11H16/c1-5-10-9(4)6-7-11(10)8(2)3/h1,8,11H,6-7H2,2-4H3. The Morgan fingerprint density at radius 2 is 2.18 bits per heavy atom. The normalized spacial score (nSPS) is 24.5. The van der Waals surface area contributed by atoms with Crippen LogP contribution in [0.4, 0.5) is 0 Å². The predicted octanol–water partition coefficient (Wildman–Crippen LogP) is 3.00. The molecule has 1 unspecified atom stereocenters. The second-order valence-corrected chi connectivity index (χ2v) is 3.73. The van der Waals surface area contributed by atoms with Crippen LogP contribution in [0.3, 0.4) is 0 Å². The molecule has 0 aromatic carbocycles. The zero-order chi connectivity index (χ0) is 8.43. The lowest BCUT2D eigenvalue weighted by Gasteiger charge is -2.14. The third kappa shape index (κ3) is 1.48. The van der Waals surface area contributed by atoms with E-state index in [4.69, 9.17) is 6.42 Å². The molecule has 0 spiro atoms. The summed E-state index contributed by atoms with van der Waals surface area (Å²) in [6.45, 7) is 6.67. The highest BCUT2D eigenvalue weighted by molar-refractivity contribution is 5.36. The van der Waals surface area contributed by atoms with Gasteiger partial charge in [0.2, 0.25) is 0 Å². The first kappa shape index (κ1) is 8.40. The maximum Gasteiger partial charge on any atom is 0.00405 e. The van der Waals surface area contributed by atoms with E-state index in [9.17, 15) is 0 Å². The summed E-state index contributed by atoms with van der Waals surface area (Å²) in [6, 6.07) is 0. The first-order valence-electron chi connectivity index (χ1n) is 4.33. The Kier molecular flexibility index (Phi) is 2.39. The van der Waals surface area contributed by atoms with E-state index in [-0.39, 0.29) is 0 Å². The van der Waals surface area contributed by atoms with Crippen LogP contribution in [0, 0.1) is 24.2 Å². The largest absolute Gasteiger partial charge is 0.115 e. The molecule has 0 heteroatoms. The molecule has 11 heavy (non-hydrogen) atoms. The van der Waals surface area contributed by atoms with Crippen LogP contribution >= 0.6 is 0 Å². The van der Waals surface area contributed by atoms with Crippen LogP contribution in [0.1, 0.15) is 33.6 Å². The van der Waals surface area contributed by atoms with Crippen molar-refractivity contribution in [3.05, 3.63) is 11.1 Å². The van der Waals surface area contributed by atoms with Crippen LogP contribution in [0.5, 0.6) is 0 Å². The zero-order valence-corrected chi connectivity index (χ0v) is 7.65. The quantitative estimate of drug-likeness (QED) is 0.501. The summed E-state index contributed by atoms with van der Waals surface area (Å²) in [5.74, 6) is 4.20. The smallest absolute Gasteiger partial charge is 0.00405 e. The maximum atomic E-state index is 5.44. The Morgan fingerprint density at radius 1 is 1.55 bits per heavy atom. The van der Waals surface area contributed by atoms with Crippen LogP contribution in [-0.2, 0) is 0 Å². The Labute approximate surface area is 69.7 Å². The summed E-state index contributed by atoms with van der Waals surface area (Å²) in [6.07, 6.45) is 7.92. The fraction of sp³-hybridized carbons (Fsp3) is 0.636. The predicted molar refractivity (Wildman–Crippen MR) is 49.1 cm³/mol. The summed E-state index contributed by atoms with van der Waals surface area (Å²) < 4.78 is 0. The van der Waals surface area contributed by atoms with Gasteiger partial charge in [-0.1, -0.05) is 25.3 Å². The van der Waals surface area contributed by atoms with Gasteiger partial charge in [0.05, 0.1) is 0 Å². The van der Waals surface area contributed by atoms with Crippen molar-refractivity contribution in [3.63, 3.8) is 0 Å². The minimum absolute atomic E-state index is 0.667. The monoisotopic (exact) mass is 148 g/mol. The van der Waals surface area contributed by atoms with E-state index in [0.717, 1.165) is 0 Å². The number of hydrogen-bond donors (Lipinski definition) is 0. The SMILES string of the molecule is C#CC1=C(C)CCC1C(C)C. The average molecular weight is 148 g/mol. The Balaban J connectivity index is 2.82. The van der Waals surface area contributed by atoms with Crippen molar-refractivity contribution in [2.45, 2.75) is 33.6 Å². The molecule has 0 heterocycles. The molecular weight excluding hydrogens is 132 g/mol. The molecule has 0 bridgehead atoms. The number of rotatable bonds is 1. The van der Waals surface area contributed by atoms with Gasteiger partial charge in [-0.2, -0.15) is 0 Å². The lowest BCUT2D eigenvalue weighted by atomic mass is 9.90. The van der Waals surface area contributed by atoms with Gasteiger partial charge in [0.25, 0.3) is 0 Å². The van der Waals surface area contributed by atoms with Gasteiger partial charge in [0.1, 0.15) is 0 Å². The van der Waals surface area contributed by atoms with Crippen molar-refractivity contribution in [1.29, 1.82) is 0 Å². The molecule has 0 aliphatic heterocycles. The van der Waals surface area contributed by atoms with E-state index in [1.54, 1.807) is 0 Å². The lowest BCUT2D eigenvalue weighted by molar-refractivity contribution is 0.448. The van der Waals surface area contributed by atoms with Gasteiger partial charge >= 0.3 is 0 Å². The summed E-state index contributed by atoms with van der Waals surface area (Å²) in [5.41, 5.74) is 2.71. The number of allylic oxidation sites excluding steroid dienone is 2. The van der Waals surface area contributed by atoms with Gasteiger partial charge in [-0.25, -0.2) is 0 Å². The van der Waals surface area contributed by atoms with Crippen molar-refractivity contribution in [1.82, 2.24) is 0 Å². The highest BCUT2D eigenvalue weighted by Crippen LogP contribution is 2.35. The van der Waals surface area contributed by atoms with Crippen molar-refractivity contribution >= 4 is 0 Å². The van der Waals surface area contributed by atoms with Crippen LogP contribution in [0.15, 0.2) is 11.1 Å². The second-order valence-electron chi connectivity index (χ2n) is 3.73. The van der Waals surface area contributed by atoms with Crippen LogP contribution in [-0.4, -0.2) is 0 Å². The zero-order valence-electron chi connectivity index (χ0n) is 7.65. The molecule has 0 N–H and O–H groups in total. The Morgan fingerprint density at radius 3 is 2.55 bits per heavy atom. The summed E-state index contributed by atoms with van der Waals surface area (Å²) >= 11 is 0. The molecule has 0 aromatic heterocycles. The summed E-state index contributed by atoms with van der Waals surface area (Å²) in [7, 11) is 0. The first-order chi connectivity index (χ1) is 5.16. The molecule has 0 radical (unpaired) electrons. The van der Waals surface area contributed by atoms with Crippen LogP contribution < -0.4 is 0 Å². The van der Waals surface area contributed by atoms with Gasteiger partial charge in [-0.15, -0.1) is 6.42 Å². The molecule has 1 atom stereocenters. The molecule has 1 aliphatic rings. The molecule has 1 rings (SSSR count). The molecule has 1 aliphatic carbocycles. The molecule has 0 saturated heterocycles. The lowest BCUT2D eigenvalue weighted by Crippen LogP contribution is -2.06. The molecule has 0 fully saturated rings. The van der Waals surface area contributed by atoms with E-state index in [1.165, 1.54) is 24.0 Å². The third-order valence-corrected chi connectivity index (χ3v) is 2.62. The van der Waals surface area contributed by atoms with Gasteiger partial charge < -0.3 is 0 Å². The summed E-state index contributed by atoms with van der Waals surface area (Å²) in [5, 5.41) is 0. The van der Waals surface area contributed by atoms with E-state index in [1.807, 2.05) is 0 Å². The average Bonchev–Trinajstić information content (AvgIpc) is 2.30. The van der Waals surface area contributed by atoms with E-state index >= 15 is 0 Å². The highest BCUT2D eigenvalue weighted by Gasteiger charge is 2.24. The van der Waals surface area contributed by atoms with E-state index in [2.05, 4.69) is 26.7 Å². The van der Waals surface area contributed by atoms with Crippen LogP contribution in [0.25, 0.3) is 0 Å². The van der Waals surface area contributed by atoms with E-state index in [0.29, 0.717) is 11.8 Å². The number of terminal acetylenes is 1. The number of hydrogen-bond acceptors (Lipinski definition) is 0. The molecule has 60 valence electrons. The van der Waals surface area contributed by atoms with Gasteiger partial charge in [0.15, 0.2) is 0 Å². The molecule has 0 saturated carbocycles. The topological polar surface area (TPSA) is 0 Å². The van der Waals surface area contributed by atoms with Crippen molar-refractivity contribution in [3.8, 4) is 12.3 Å². The van der Waals surface area contributed by atoms with Crippen LogP contribution in [0.2, 0.25) is 0 Å². The Bertz CT molecular complexity index is 213. The van der Waals surface area contributed by atoms with Crippen molar-refractivity contribution < 1.29 is 0 Å². The second kappa shape index (κ2) is 3.13. The van der Waals surface area contributed by atoms with Crippen molar-refractivity contribution in [2.75, 3.05) is 0 Å². The molecule has 0 aromatic rings. The minimum Gasteiger partial charge on any atom is -0.115 e. The fourth-order valence-corrected chi connectivity index (χ4v) is 1.86. The molecule has 0 nitrogen and oxygen atoms in total. The van der Waals surface area contributed by atoms with Gasteiger partial charge in [-0.05, 0) is 31.6 Å². The minimum atomic E-state index is 0.667. The Hall–Kier alpha value is -0.700. The maximum absolute atomic E-state index is 5.44. The first-order valence-corrected chi connectivity index (χ1v) is 4.33. The highest BCUT2D eigenvalue weighted by atomic mass is 14.3. The third-order valence-electron chi connectivity index (χ3n) is 2.62. The van der Waals surface area contributed by atoms with Gasteiger partial charge in [-0.3, -0.25) is 0 Å². The van der Waals surface area contributed by atoms with Gasteiger partial charge in [0, 0.05) is 5.57 Å². The molecule has 0 amide bonds. The van der Waals surface area contributed by atoms with Crippen molar-refractivity contribution in [2.24, 2.45) is 11.8 Å². The molecular formula is C11H16. The summed E-state index contributed by atoms with van der Waals surface area (Å²) in [4.78, 5) is 0. The fourth-order valence-electron chi connectivity index (χ4n) is 1.86.